The van der Waals surface area contributed by atoms with Crippen LogP contribution in [0.15, 0.2) is 30.6 Å². The van der Waals surface area contributed by atoms with E-state index in [-0.39, 0.29) is 17.8 Å². The molecule has 2 aromatic rings. The molecule has 1 heterocycles. The van der Waals surface area contributed by atoms with Crippen molar-refractivity contribution < 1.29 is 9.13 Å². The van der Waals surface area contributed by atoms with Gasteiger partial charge in [-0.25, -0.2) is 9.07 Å². The minimum Gasteiger partial charge on any atom is -0.420 e. The third-order valence-electron chi connectivity index (χ3n) is 2.05. The standard InChI is InChI=1S/C11H12FN3O/c1-8(2)15-7-13-11(14-15)16-10-6-4-3-5-9(10)12/h3-8H,1-2H3. The molecular weight excluding hydrogens is 209 g/mol. The Labute approximate surface area is 92.7 Å². The molecule has 1 aromatic carbocycles. The molecule has 2 rings (SSSR count). The van der Waals surface area contributed by atoms with Crippen LogP contribution in [0.5, 0.6) is 11.8 Å². The van der Waals surface area contributed by atoms with Crippen molar-refractivity contribution in [3.05, 3.63) is 36.4 Å². The number of ether oxygens (including phenoxy) is 1. The van der Waals surface area contributed by atoms with Crippen LogP contribution in [0.2, 0.25) is 0 Å². The van der Waals surface area contributed by atoms with Crippen molar-refractivity contribution >= 4 is 0 Å². The highest BCUT2D eigenvalue weighted by atomic mass is 19.1. The van der Waals surface area contributed by atoms with Crippen molar-refractivity contribution in [2.75, 3.05) is 0 Å². The van der Waals surface area contributed by atoms with Crippen LogP contribution in [0.4, 0.5) is 4.39 Å². The topological polar surface area (TPSA) is 39.9 Å². The molecule has 0 N–H and O–H groups in total. The minimum absolute atomic E-state index is 0.129. The maximum Gasteiger partial charge on any atom is 0.341 e. The second kappa shape index (κ2) is 4.30. The molecule has 16 heavy (non-hydrogen) atoms. The van der Waals surface area contributed by atoms with E-state index in [1.807, 2.05) is 13.8 Å². The van der Waals surface area contributed by atoms with E-state index >= 15 is 0 Å². The van der Waals surface area contributed by atoms with Crippen LogP contribution in [0.25, 0.3) is 0 Å². The SMILES string of the molecule is CC(C)n1cnc(Oc2ccccc2F)n1. The molecule has 0 spiro atoms. The van der Waals surface area contributed by atoms with Gasteiger partial charge in [0.2, 0.25) is 0 Å². The molecular formula is C11H12FN3O. The number of aromatic nitrogens is 3. The zero-order valence-electron chi connectivity index (χ0n) is 9.09. The fraction of sp³-hybridized carbons (Fsp3) is 0.273. The summed E-state index contributed by atoms with van der Waals surface area (Å²) in [7, 11) is 0. The van der Waals surface area contributed by atoms with E-state index in [0.717, 1.165) is 0 Å². The summed E-state index contributed by atoms with van der Waals surface area (Å²) in [6.07, 6.45) is 1.56. The number of benzene rings is 1. The van der Waals surface area contributed by atoms with Gasteiger partial charge in [-0.3, -0.25) is 0 Å². The summed E-state index contributed by atoms with van der Waals surface area (Å²) in [5, 5.41) is 4.06. The maximum atomic E-state index is 13.3. The smallest absolute Gasteiger partial charge is 0.341 e. The number of halogens is 1. The first-order chi connectivity index (χ1) is 7.66. The maximum absolute atomic E-state index is 13.3. The summed E-state index contributed by atoms with van der Waals surface area (Å²) in [5.74, 6) is -0.299. The lowest BCUT2D eigenvalue weighted by molar-refractivity contribution is 0.401. The predicted octanol–water partition coefficient (Wildman–Crippen LogP) is 2.79. The van der Waals surface area contributed by atoms with Crippen molar-refractivity contribution in [2.45, 2.75) is 19.9 Å². The first-order valence-electron chi connectivity index (χ1n) is 5.00. The fourth-order valence-electron chi connectivity index (χ4n) is 1.18. The fourth-order valence-corrected chi connectivity index (χ4v) is 1.18. The van der Waals surface area contributed by atoms with Crippen molar-refractivity contribution in [1.29, 1.82) is 0 Å². The predicted molar refractivity (Wildman–Crippen MR) is 56.9 cm³/mol. The van der Waals surface area contributed by atoms with Gasteiger partial charge >= 0.3 is 6.01 Å². The number of rotatable bonds is 3. The van der Waals surface area contributed by atoms with E-state index in [0.29, 0.717) is 0 Å². The normalized spacial score (nSPS) is 10.8. The van der Waals surface area contributed by atoms with Crippen LogP contribution in [-0.2, 0) is 0 Å². The Morgan fingerprint density at radius 2 is 2.06 bits per heavy atom. The van der Waals surface area contributed by atoms with E-state index in [1.165, 1.54) is 12.1 Å². The Balaban J connectivity index is 2.18. The van der Waals surface area contributed by atoms with Gasteiger partial charge in [-0.2, -0.15) is 4.98 Å². The van der Waals surface area contributed by atoms with E-state index in [1.54, 1.807) is 23.1 Å². The van der Waals surface area contributed by atoms with Crippen LogP contribution < -0.4 is 4.74 Å². The molecule has 1 aromatic heterocycles. The molecule has 0 aliphatic heterocycles. The Hall–Kier alpha value is -1.91. The molecule has 0 radical (unpaired) electrons. The van der Waals surface area contributed by atoms with Gasteiger partial charge in [0.25, 0.3) is 0 Å². The van der Waals surface area contributed by atoms with E-state index in [4.69, 9.17) is 4.74 Å². The number of hydrogen-bond donors (Lipinski definition) is 0. The van der Waals surface area contributed by atoms with Crippen LogP contribution in [-0.4, -0.2) is 14.8 Å². The third kappa shape index (κ3) is 2.18. The van der Waals surface area contributed by atoms with Crippen LogP contribution in [0, 0.1) is 5.82 Å². The van der Waals surface area contributed by atoms with Gasteiger partial charge in [0, 0.05) is 6.04 Å². The molecule has 0 atom stereocenters. The molecule has 0 amide bonds. The Kier molecular flexibility index (Phi) is 2.85. The number of para-hydroxylation sites is 1. The summed E-state index contributed by atoms with van der Waals surface area (Å²) < 4.78 is 20.1. The van der Waals surface area contributed by atoms with Gasteiger partial charge in [0.05, 0.1) is 0 Å². The first-order valence-corrected chi connectivity index (χ1v) is 5.00. The minimum atomic E-state index is -0.427. The summed E-state index contributed by atoms with van der Waals surface area (Å²) in [4.78, 5) is 3.94. The highest BCUT2D eigenvalue weighted by Gasteiger charge is 2.08. The molecule has 0 aliphatic carbocycles. The molecule has 0 saturated carbocycles. The Morgan fingerprint density at radius 1 is 1.31 bits per heavy atom. The van der Waals surface area contributed by atoms with Gasteiger partial charge in [0.15, 0.2) is 11.6 Å². The highest BCUT2D eigenvalue weighted by molar-refractivity contribution is 5.26. The van der Waals surface area contributed by atoms with Crippen molar-refractivity contribution in [1.82, 2.24) is 14.8 Å². The van der Waals surface area contributed by atoms with Gasteiger partial charge in [-0.15, -0.1) is 5.10 Å². The van der Waals surface area contributed by atoms with Gasteiger partial charge in [-0.05, 0) is 26.0 Å². The molecule has 0 unspecified atom stereocenters. The van der Waals surface area contributed by atoms with Crippen molar-refractivity contribution in [3.63, 3.8) is 0 Å². The van der Waals surface area contributed by atoms with E-state index < -0.39 is 5.82 Å². The first kappa shape index (κ1) is 10.6. The average molecular weight is 221 g/mol. The Morgan fingerprint density at radius 3 is 2.69 bits per heavy atom. The van der Waals surface area contributed by atoms with Crippen molar-refractivity contribution in [2.24, 2.45) is 0 Å². The zero-order valence-corrected chi connectivity index (χ0v) is 9.09. The summed E-state index contributed by atoms with van der Waals surface area (Å²) in [6, 6.07) is 6.50. The van der Waals surface area contributed by atoms with Crippen molar-refractivity contribution in [3.8, 4) is 11.8 Å². The summed E-state index contributed by atoms with van der Waals surface area (Å²) in [6.45, 7) is 3.95. The van der Waals surface area contributed by atoms with Crippen LogP contribution >= 0.6 is 0 Å². The monoisotopic (exact) mass is 221 g/mol. The zero-order chi connectivity index (χ0) is 11.5. The largest absolute Gasteiger partial charge is 0.420 e. The van der Waals surface area contributed by atoms with Gasteiger partial charge < -0.3 is 4.74 Å². The second-order valence-corrected chi connectivity index (χ2v) is 3.63. The number of hydrogen-bond acceptors (Lipinski definition) is 3. The highest BCUT2D eigenvalue weighted by Crippen LogP contribution is 2.21. The summed E-state index contributed by atoms with van der Waals surface area (Å²) in [5.41, 5.74) is 0. The van der Waals surface area contributed by atoms with Crippen LogP contribution in [0.3, 0.4) is 0 Å². The molecule has 0 aliphatic rings. The Bertz CT molecular complexity index is 482. The molecule has 84 valence electrons. The lowest BCUT2D eigenvalue weighted by atomic mass is 10.3. The van der Waals surface area contributed by atoms with E-state index in [2.05, 4.69) is 10.1 Å². The molecule has 0 bridgehead atoms. The van der Waals surface area contributed by atoms with Gasteiger partial charge in [-0.1, -0.05) is 12.1 Å². The molecule has 0 saturated heterocycles. The molecule has 4 nitrogen and oxygen atoms in total. The van der Waals surface area contributed by atoms with Gasteiger partial charge in [0.1, 0.15) is 6.33 Å². The van der Waals surface area contributed by atoms with E-state index in [9.17, 15) is 4.39 Å². The molecule has 5 heteroatoms. The lowest BCUT2D eigenvalue weighted by Crippen LogP contribution is -2.01. The molecule has 0 fully saturated rings. The lowest BCUT2D eigenvalue weighted by Gasteiger charge is -2.03. The average Bonchev–Trinajstić information content (AvgIpc) is 2.70. The third-order valence-corrected chi connectivity index (χ3v) is 2.05. The second-order valence-electron chi connectivity index (χ2n) is 3.63. The quantitative estimate of drug-likeness (QED) is 0.800. The van der Waals surface area contributed by atoms with Crippen LogP contribution in [0.1, 0.15) is 19.9 Å². The summed E-state index contributed by atoms with van der Waals surface area (Å²) >= 11 is 0. The number of nitrogens with zero attached hydrogens (tertiary/aromatic N) is 3.